The Balaban J connectivity index is 0.000000121. The summed E-state index contributed by atoms with van der Waals surface area (Å²) in [6, 6.07) is 57.2. The van der Waals surface area contributed by atoms with Crippen molar-refractivity contribution in [2.75, 3.05) is 92.4 Å². The molecule has 0 radical (unpaired) electrons. The number of methoxy groups -OCH3 is 1. The van der Waals surface area contributed by atoms with E-state index in [2.05, 4.69) is 108 Å². The van der Waals surface area contributed by atoms with Crippen LogP contribution in [0.25, 0.3) is 27.9 Å². The first kappa shape index (κ1) is 99.6. The number of pyridine rings is 5. The second-order valence-electron chi connectivity index (χ2n) is 36.3. The lowest BCUT2D eigenvalue weighted by molar-refractivity contribution is 0.103. The fraction of sp³-hybridized carbons (Fsp3) is 0.333. The Morgan fingerprint density at radius 2 is 0.593 bits per heavy atom. The van der Waals surface area contributed by atoms with Gasteiger partial charge in [0.25, 0.3) is 0 Å². The summed E-state index contributed by atoms with van der Waals surface area (Å²) >= 11 is 35.2. The molecule has 5 amide bonds. The number of nitrogens with zero attached hydrogens (tertiary/aromatic N) is 10. The van der Waals surface area contributed by atoms with Crippen LogP contribution in [0.5, 0.6) is 5.75 Å². The number of aromatic nitrogens is 5. The molecule has 5 aromatic heterocycles. The molecule has 21 rings (SSSR count). The first-order chi connectivity index (χ1) is 68.2. The lowest BCUT2D eigenvalue weighted by Gasteiger charge is -2.29. The normalized spacial score (nSPS) is 16.3. The Labute approximate surface area is 853 Å². The highest BCUT2D eigenvalue weighted by Crippen LogP contribution is 2.47. The number of amides is 5. The van der Waals surface area contributed by atoms with E-state index in [1.807, 2.05) is 129 Å². The van der Waals surface area contributed by atoms with E-state index in [1.165, 1.54) is 141 Å². The van der Waals surface area contributed by atoms with E-state index < -0.39 is 0 Å². The van der Waals surface area contributed by atoms with Gasteiger partial charge in [-0.15, -0.1) is 0 Å². The topological polar surface area (TPSA) is 212 Å². The predicted octanol–water partition coefficient (Wildman–Crippen LogP) is 26.2. The van der Waals surface area contributed by atoms with E-state index in [9.17, 15) is 24.0 Å². The van der Waals surface area contributed by atoms with Gasteiger partial charge in [-0.05, 0) is 342 Å². The summed E-state index contributed by atoms with van der Waals surface area (Å²) in [5.74, 6) is 0.573. The highest BCUT2D eigenvalue weighted by atomic mass is 79.9. The molecule has 722 valence electrons. The third-order valence-corrected chi connectivity index (χ3v) is 29.7. The molecule has 6 aromatic carbocycles. The minimum atomic E-state index is -0.290. The SMILES string of the molecule is CCOC(=O)N1CCC(=C2c3cc(Cl)c(Cl)cc3CCc3cccnc32)CC1.CCOC(=O)N1CCC(=C2c3ccc(Br)cc3CCc3cccnc32)CC1.CCOC(=O)N1CCC(=C2c3ccc(Cl)cc3CCc3cc(C)cnc32)CC1.COC(=O)N1CCC(=C2c3ccc(Cl)cc3CCc3cccnc32)CC1.O=C(Oc1ccccc1)N1CCC(=C2c3ccc(Cl)cc3CCc3cccnc32)CC1. The zero-order valence-electron chi connectivity index (χ0n) is 79.7. The van der Waals surface area contributed by atoms with Gasteiger partial charge in [-0.1, -0.05) is 175 Å². The van der Waals surface area contributed by atoms with Crippen LogP contribution in [0.2, 0.25) is 25.1 Å². The van der Waals surface area contributed by atoms with Gasteiger partial charge in [0.05, 0.1) is 65.4 Å². The molecule has 11 aromatic rings. The van der Waals surface area contributed by atoms with E-state index in [0.717, 1.165) is 188 Å². The lowest BCUT2D eigenvalue weighted by atomic mass is 9.88. The smallest absolute Gasteiger partial charge is 0.415 e. The number of hydrogen-bond donors (Lipinski definition) is 0. The van der Waals surface area contributed by atoms with Gasteiger partial charge in [-0.3, -0.25) is 24.9 Å². The quantitative estimate of drug-likeness (QED) is 0.150. The largest absolute Gasteiger partial charge is 0.453 e. The minimum Gasteiger partial charge on any atom is -0.453 e. The molecule has 5 saturated heterocycles. The van der Waals surface area contributed by atoms with Crippen LogP contribution < -0.4 is 4.74 Å². The van der Waals surface area contributed by atoms with E-state index in [4.69, 9.17) is 107 Å². The minimum absolute atomic E-state index is 0.203. The summed E-state index contributed by atoms with van der Waals surface area (Å²) < 4.78 is 27.0. The predicted molar refractivity (Wildman–Crippen MR) is 558 cm³/mol. The number of hydrogen-bond acceptors (Lipinski definition) is 15. The van der Waals surface area contributed by atoms with Gasteiger partial charge < -0.3 is 48.2 Å². The molecule has 0 bridgehead atoms. The molecule has 140 heavy (non-hydrogen) atoms. The van der Waals surface area contributed by atoms with Crippen LogP contribution >= 0.6 is 73.9 Å². The highest BCUT2D eigenvalue weighted by molar-refractivity contribution is 9.10. The van der Waals surface area contributed by atoms with Crippen LogP contribution in [-0.4, -0.2) is 172 Å². The van der Waals surface area contributed by atoms with Gasteiger partial charge >= 0.3 is 30.5 Å². The van der Waals surface area contributed by atoms with Gasteiger partial charge in [0.1, 0.15) is 5.75 Å². The van der Waals surface area contributed by atoms with Crippen LogP contribution in [0.4, 0.5) is 24.0 Å². The van der Waals surface area contributed by atoms with E-state index in [1.54, 1.807) is 31.7 Å². The van der Waals surface area contributed by atoms with Crippen molar-refractivity contribution in [3.63, 3.8) is 0 Å². The average Bonchev–Trinajstić information content (AvgIpc) is 1.56. The van der Waals surface area contributed by atoms with Crippen molar-refractivity contribution < 1.29 is 47.7 Å². The summed E-state index contributed by atoms with van der Waals surface area (Å²) in [6.45, 7) is 15.5. The molecule has 10 aliphatic rings. The Bertz CT molecular complexity index is 6590. The van der Waals surface area contributed by atoms with Crippen molar-refractivity contribution in [1.82, 2.24) is 49.4 Å². The number of piperidine rings is 5. The summed E-state index contributed by atoms with van der Waals surface area (Å²) in [4.78, 5) is 93.4. The standard InChI is InChI=1S/C26H23ClN2O2.C23H25ClN2O2.C22H23BrN2O2.C22H22Cl2N2O2.C21H21ClN2O2/c27-21-10-11-23-20(17-21)9-8-19-5-4-14-28-25(19)24(23)18-12-15-29(16-13-18)26(30)31-22-6-2-1-3-7-22;1-3-28-23(27)26-10-8-16(9-11-26)21-20-7-6-19(24)13-17(20)4-5-18-12-15(2)14-25-22(18)21;1-2-27-22(26)25-12-9-15(10-13-25)20-19-8-7-18(23)14-17(19)6-5-16-4-3-11-24-21(16)20;1-2-28-22(27)26-10-7-14(8-11-26)20-17-13-19(24)18(23)12-16(17)6-5-15-4-3-9-25-21(15)20;1-26-21(25)24-11-8-14(9-12-24)19-18-7-6-17(22)13-16(18)5-4-15-3-2-10-23-20(15)19/h1-7,10-11,14,17H,8-9,12-13,15-16H2;6-7,12-14H,3-5,8-11H2,1-2H3;3-4,7-8,11,14H,2,5-6,9-10,12-13H2,1H3;3-4,9,12-13H,2,5-8,10-11H2,1H3;2-3,6-7,10,13H,4-5,8-9,11-12H2,1H3. The third-order valence-electron chi connectivity index (χ3n) is 27.8. The fourth-order valence-corrected chi connectivity index (χ4v) is 22.2. The molecule has 20 nitrogen and oxygen atoms in total. The van der Waals surface area contributed by atoms with Crippen LogP contribution in [0.15, 0.2) is 233 Å². The maximum Gasteiger partial charge on any atom is 0.415 e. The number of rotatable bonds is 4. The molecule has 0 N–H and O–H groups in total. The molecule has 26 heteroatoms. The number of ether oxygens (including phenoxy) is 5. The Kier molecular flexibility index (Phi) is 33.2. The zero-order valence-corrected chi connectivity index (χ0v) is 85.1. The molecule has 5 aliphatic carbocycles. The summed E-state index contributed by atoms with van der Waals surface area (Å²) in [6.07, 6.45) is 26.0. The second kappa shape index (κ2) is 46.6. The number of fused-ring (bicyclic) bond motifs is 10. The number of carbonyl (C=O) groups excluding carboxylic acids is 5. The summed E-state index contributed by atoms with van der Waals surface area (Å²) in [5.41, 5.74) is 38.3. The van der Waals surface area contributed by atoms with Crippen molar-refractivity contribution in [2.45, 2.75) is 156 Å². The maximum atomic E-state index is 12.6. The molecule has 5 aliphatic heterocycles. The molecule has 10 heterocycles. The second-order valence-corrected chi connectivity index (χ2v) is 39.3. The van der Waals surface area contributed by atoms with Crippen molar-refractivity contribution in [1.29, 1.82) is 0 Å². The molecule has 5 fully saturated rings. The number of benzene rings is 6. The molecule has 0 saturated carbocycles. The van der Waals surface area contributed by atoms with E-state index in [0.29, 0.717) is 101 Å². The van der Waals surface area contributed by atoms with Gasteiger partial charge in [-0.2, -0.15) is 0 Å². The van der Waals surface area contributed by atoms with E-state index in [-0.39, 0.29) is 30.5 Å². The van der Waals surface area contributed by atoms with Crippen molar-refractivity contribution in [3.8, 4) is 5.75 Å². The lowest BCUT2D eigenvalue weighted by Crippen LogP contribution is -2.38. The fourth-order valence-electron chi connectivity index (χ4n) is 20.8. The number of carbonyl (C=O) groups is 5. The summed E-state index contributed by atoms with van der Waals surface area (Å²) in [7, 11) is 1.43. The molecule has 0 spiro atoms. The first-order valence-corrected chi connectivity index (χ1v) is 51.4. The zero-order chi connectivity index (χ0) is 97.5. The third kappa shape index (κ3) is 23.3. The monoisotopic (exact) mass is 2040 g/mol. The van der Waals surface area contributed by atoms with Gasteiger partial charge in [0, 0.05) is 144 Å². The molecular weight excluding hydrogens is 1930 g/mol. The molecule has 0 atom stereocenters. The van der Waals surface area contributed by atoms with Crippen LogP contribution in [0.3, 0.4) is 0 Å². The Hall–Kier alpha value is -12.0. The van der Waals surface area contributed by atoms with Crippen LogP contribution in [0, 0.1) is 6.92 Å². The van der Waals surface area contributed by atoms with Crippen LogP contribution in [0.1, 0.15) is 202 Å². The maximum absolute atomic E-state index is 12.6. The Morgan fingerprint density at radius 1 is 0.300 bits per heavy atom. The average molecular weight is 2040 g/mol. The van der Waals surface area contributed by atoms with E-state index >= 15 is 0 Å². The number of halogens is 6. The van der Waals surface area contributed by atoms with Crippen molar-refractivity contribution in [3.05, 3.63) is 376 Å². The van der Waals surface area contributed by atoms with Gasteiger partial charge in [0.2, 0.25) is 0 Å². The number of para-hydroxylation sites is 1. The van der Waals surface area contributed by atoms with Crippen LogP contribution in [-0.2, 0) is 83.2 Å². The Morgan fingerprint density at radius 3 is 0.943 bits per heavy atom. The highest BCUT2D eigenvalue weighted by Gasteiger charge is 2.35. The number of aryl methyl sites for hydroxylation is 11. The van der Waals surface area contributed by atoms with Crippen molar-refractivity contribution >= 4 is 132 Å². The molecular formula is C114H114BrCl5N10O10. The van der Waals surface area contributed by atoms with Gasteiger partial charge in [0.15, 0.2) is 0 Å². The first-order valence-electron chi connectivity index (χ1n) is 48.7. The van der Waals surface area contributed by atoms with Crippen molar-refractivity contribution in [2.24, 2.45) is 0 Å². The summed E-state index contributed by atoms with van der Waals surface area (Å²) in [5, 5.41) is 3.45. The molecule has 0 unspecified atom stereocenters. The van der Waals surface area contributed by atoms with Gasteiger partial charge in [-0.25, -0.2) is 24.0 Å². The number of likely N-dealkylation sites (tertiary alicyclic amines) is 5.